The minimum atomic E-state index is 0.163. The van der Waals surface area contributed by atoms with Gasteiger partial charge in [-0.15, -0.1) is 0 Å². The molecule has 100 valence electrons. The average molecular weight is 369 g/mol. The van der Waals surface area contributed by atoms with Gasteiger partial charge < -0.3 is 15.2 Å². The van der Waals surface area contributed by atoms with Crippen molar-refractivity contribution >= 4 is 28.3 Å². The van der Waals surface area contributed by atoms with Crippen molar-refractivity contribution in [3.63, 3.8) is 0 Å². The lowest BCUT2D eigenvalue weighted by atomic mass is 10.2. The number of aromatic hydroxyl groups is 1. The van der Waals surface area contributed by atoms with Gasteiger partial charge in [0, 0.05) is 15.8 Å². The number of hydrogen-bond donors (Lipinski definition) is 2. The van der Waals surface area contributed by atoms with Gasteiger partial charge in [-0.25, -0.2) is 0 Å². The van der Waals surface area contributed by atoms with E-state index in [9.17, 15) is 5.11 Å². The Labute approximate surface area is 126 Å². The average Bonchev–Trinajstić information content (AvgIpc) is 2.41. The summed E-state index contributed by atoms with van der Waals surface area (Å²) in [4.78, 5) is 0. The highest BCUT2D eigenvalue weighted by atomic mass is 127. The first-order valence-electron chi connectivity index (χ1n) is 5.96. The molecule has 3 nitrogen and oxygen atoms in total. The third-order valence-corrected chi connectivity index (χ3v) is 4.07. The van der Waals surface area contributed by atoms with Gasteiger partial charge in [0.25, 0.3) is 0 Å². The SMILES string of the molecule is COc1cc(CNc2ccc(C)c(I)c2)ccc1O. The van der Waals surface area contributed by atoms with Crippen LogP contribution in [0.5, 0.6) is 11.5 Å². The summed E-state index contributed by atoms with van der Waals surface area (Å²) in [7, 11) is 1.55. The molecular formula is C15H16INO2. The zero-order valence-corrected chi connectivity index (χ0v) is 13.1. The van der Waals surface area contributed by atoms with Crippen molar-refractivity contribution in [1.82, 2.24) is 0 Å². The predicted molar refractivity (Wildman–Crippen MR) is 85.9 cm³/mol. The molecular weight excluding hydrogens is 353 g/mol. The molecule has 0 heterocycles. The second-order valence-corrected chi connectivity index (χ2v) is 5.49. The van der Waals surface area contributed by atoms with E-state index >= 15 is 0 Å². The predicted octanol–water partition coefficient (Wildman–Crippen LogP) is 3.93. The molecule has 19 heavy (non-hydrogen) atoms. The minimum absolute atomic E-state index is 0.163. The molecule has 0 bridgehead atoms. The summed E-state index contributed by atoms with van der Waals surface area (Å²) in [6, 6.07) is 11.6. The van der Waals surface area contributed by atoms with Gasteiger partial charge in [-0.05, 0) is 64.9 Å². The van der Waals surface area contributed by atoms with Crippen LogP contribution >= 0.6 is 22.6 Å². The van der Waals surface area contributed by atoms with E-state index in [-0.39, 0.29) is 5.75 Å². The zero-order valence-electron chi connectivity index (χ0n) is 10.9. The smallest absolute Gasteiger partial charge is 0.160 e. The number of aryl methyl sites for hydroxylation is 1. The summed E-state index contributed by atoms with van der Waals surface area (Å²) in [5.41, 5.74) is 3.42. The molecule has 0 fully saturated rings. The molecule has 2 rings (SSSR count). The highest BCUT2D eigenvalue weighted by Gasteiger charge is 2.03. The quantitative estimate of drug-likeness (QED) is 0.803. The Morgan fingerprint density at radius 3 is 2.68 bits per heavy atom. The first-order valence-corrected chi connectivity index (χ1v) is 7.04. The lowest BCUT2D eigenvalue weighted by Gasteiger charge is -2.10. The van der Waals surface area contributed by atoms with Gasteiger partial charge in [-0.3, -0.25) is 0 Å². The Kier molecular flexibility index (Phi) is 4.52. The van der Waals surface area contributed by atoms with Gasteiger partial charge in [0.1, 0.15) is 0 Å². The van der Waals surface area contributed by atoms with Gasteiger partial charge in [0.2, 0.25) is 0 Å². The first-order chi connectivity index (χ1) is 9.10. The van der Waals surface area contributed by atoms with Crippen LogP contribution in [0.2, 0.25) is 0 Å². The van der Waals surface area contributed by atoms with Gasteiger partial charge in [-0.1, -0.05) is 12.1 Å². The van der Waals surface area contributed by atoms with Crippen molar-refractivity contribution in [3.8, 4) is 11.5 Å². The molecule has 0 aliphatic carbocycles. The van der Waals surface area contributed by atoms with Crippen molar-refractivity contribution in [2.24, 2.45) is 0 Å². The lowest BCUT2D eigenvalue weighted by molar-refractivity contribution is 0.373. The summed E-state index contributed by atoms with van der Waals surface area (Å²) in [5, 5.41) is 12.9. The van der Waals surface area contributed by atoms with Gasteiger partial charge >= 0.3 is 0 Å². The number of phenolic OH excluding ortho intramolecular Hbond substituents is 1. The van der Waals surface area contributed by atoms with Crippen molar-refractivity contribution in [2.75, 3.05) is 12.4 Å². The fourth-order valence-electron chi connectivity index (χ4n) is 1.74. The second-order valence-electron chi connectivity index (χ2n) is 4.32. The molecule has 2 aromatic rings. The topological polar surface area (TPSA) is 41.5 Å². The zero-order chi connectivity index (χ0) is 13.8. The minimum Gasteiger partial charge on any atom is -0.504 e. The van der Waals surface area contributed by atoms with E-state index < -0.39 is 0 Å². The largest absolute Gasteiger partial charge is 0.504 e. The van der Waals surface area contributed by atoms with Crippen LogP contribution in [0.4, 0.5) is 5.69 Å². The number of nitrogens with one attached hydrogen (secondary N) is 1. The molecule has 0 radical (unpaired) electrons. The Morgan fingerprint density at radius 2 is 2.00 bits per heavy atom. The van der Waals surface area contributed by atoms with E-state index in [1.54, 1.807) is 13.2 Å². The number of halogens is 1. The van der Waals surface area contributed by atoms with Crippen molar-refractivity contribution in [3.05, 3.63) is 51.1 Å². The molecule has 0 aliphatic heterocycles. The van der Waals surface area contributed by atoms with Crippen LogP contribution in [-0.4, -0.2) is 12.2 Å². The molecule has 0 aliphatic rings. The Morgan fingerprint density at radius 1 is 1.21 bits per heavy atom. The van der Waals surface area contributed by atoms with Crippen LogP contribution in [0.1, 0.15) is 11.1 Å². The summed E-state index contributed by atoms with van der Waals surface area (Å²) >= 11 is 2.33. The van der Waals surface area contributed by atoms with Gasteiger partial charge in [0.15, 0.2) is 11.5 Å². The Bertz CT molecular complexity index is 584. The third kappa shape index (κ3) is 3.53. The number of hydrogen-bond acceptors (Lipinski definition) is 3. The number of rotatable bonds is 4. The maximum Gasteiger partial charge on any atom is 0.160 e. The maximum atomic E-state index is 9.54. The monoisotopic (exact) mass is 369 g/mol. The highest BCUT2D eigenvalue weighted by molar-refractivity contribution is 14.1. The summed E-state index contributed by atoms with van der Waals surface area (Å²) < 4.78 is 6.34. The molecule has 0 saturated heterocycles. The molecule has 0 atom stereocenters. The molecule has 0 unspecified atom stereocenters. The number of anilines is 1. The van der Waals surface area contributed by atoms with Crippen LogP contribution < -0.4 is 10.1 Å². The molecule has 0 saturated carbocycles. The van der Waals surface area contributed by atoms with Crippen molar-refractivity contribution in [1.29, 1.82) is 0 Å². The van der Waals surface area contributed by atoms with Crippen LogP contribution in [-0.2, 0) is 6.54 Å². The number of ether oxygens (including phenoxy) is 1. The van der Waals surface area contributed by atoms with E-state index in [1.807, 2.05) is 12.1 Å². The van der Waals surface area contributed by atoms with Crippen LogP contribution in [0.3, 0.4) is 0 Å². The van der Waals surface area contributed by atoms with E-state index in [2.05, 4.69) is 53.0 Å². The fraction of sp³-hybridized carbons (Fsp3) is 0.200. The molecule has 0 aromatic heterocycles. The van der Waals surface area contributed by atoms with E-state index in [0.29, 0.717) is 12.3 Å². The van der Waals surface area contributed by atoms with E-state index in [1.165, 1.54) is 9.13 Å². The molecule has 2 N–H and O–H groups in total. The van der Waals surface area contributed by atoms with E-state index in [0.717, 1.165) is 11.3 Å². The third-order valence-electron chi connectivity index (χ3n) is 2.91. The summed E-state index contributed by atoms with van der Waals surface area (Å²) in [5.74, 6) is 0.661. The molecule has 2 aromatic carbocycles. The summed E-state index contributed by atoms with van der Waals surface area (Å²) in [6.45, 7) is 2.78. The van der Waals surface area contributed by atoms with Crippen molar-refractivity contribution in [2.45, 2.75) is 13.5 Å². The molecule has 4 heteroatoms. The normalized spacial score (nSPS) is 10.3. The highest BCUT2D eigenvalue weighted by Crippen LogP contribution is 2.26. The fourth-order valence-corrected chi connectivity index (χ4v) is 2.25. The standard InChI is InChI=1S/C15H16INO2/c1-10-3-5-12(8-13(10)16)17-9-11-4-6-14(18)15(7-11)19-2/h3-8,17-18H,9H2,1-2H3. The first kappa shape index (κ1) is 14.0. The summed E-state index contributed by atoms with van der Waals surface area (Å²) in [6.07, 6.45) is 0. The molecule has 0 spiro atoms. The second kappa shape index (κ2) is 6.14. The number of methoxy groups -OCH3 is 1. The van der Waals surface area contributed by atoms with Gasteiger partial charge in [0.05, 0.1) is 7.11 Å². The maximum absolute atomic E-state index is 9.54. The van der Waals surface area contributed by atoms with E-state index in [4.69, 9.17) is 4.74 Å². The van der Waals surface area contributed by atoms with Crippen LogP contribution in [0.15, 0.2) is 36.4 Å². The lowest BCUT2D eigenvalue weighted by Crippen LogP contribution is -2.00. The van der Waals surface area contributed by atoms with Crippen molar-refractivity contribution < 1.29 is 9.84 Å². The van der Waals surface area contributed by atoms with Gasteiger partial charge in [-0.2, -0.15) is 0 Å². The van der Waals surface area contributed by atoms with Crippen LogP contribution in [0, 0.1) is 10.5 Å². The number of benzene rings is 2. The molecule has 0 amide bonds. The number of phenols is 1. The van der Waals surface area contributed by atoms with Crippen LogP contribution in [0.25, 0.3) is 0 Å². The Hall–Kier alpha value is -1.43. The Balaban J connectivity index is 2.07.